The Hall–Kier alpha value is -1.33. The zero-order valence-electron chi connectivity index (χ0n) is 41.9. The van der Waals surface area contributed by atoms with Gasteiger partial charge in [-0.1, -0.05) is 13.5 Å². The molecule has 0 aromatic rings. The number of ether oxygens (including phenoxy) is 11. The lowest BCUT2D eigenvalue weighted by Gasteiger charge is -2.60. The van der Waals surface area contributed by atoms with Crippen molar-refractivity contribution in [3.63, 3.8) is 0 Å². The highest BCUT2D eigenvalue weighted by Gasteiger charge is 2.65. The van der Waals surface area contributed by atoms with Gasteiger partial charge in [-0.3, -0.25) is 13.9 Å². The monoisotopic (exact) mass is 1060 g/mol. The zero-order chi connectivity index (χ0) is 51.1. The zero-order valence-corrected chi connectivity index (χ0v) is 43.6. The molecule has 0 amide bonds. The number of carbonyl (C=O) groups is 1. The molecule has 11 heterocycles. The van der Waals surface area contributed by atoms with E-state index in [0.717, 1.165) is 12.8 Å². The molecular weight excluding hydrogens is 989 g/mol. The lowest BCUT2D eigenvalue weighted by Crippen LogP contribution is -2.73. The van der Waals surface area contributed by atoms with Gasteiger partial charge in [0.05, 0.1) is 121 Å². The van der Waals surface area contributed by atoms with Crippen molar-refractivity contribution < 1.29 is 96.3 Å². The van der Waals surface area contributed by atoms with Crippen LogP contribution in [0.5, 0.6) is 0 Å². The van der Waals surface area contributed by atoms with Crippen LogP contribution in [0.1, 0.15) is 131 Å². The van der Waals surface area contributed by atoms with Crippen LogP contribution in [0.15, 0.2) is 12.2 Å². The van der Waals surface area contributed by atoms with E-state index >= 15 is 0 Å². The second-order valence-corrected chi connectivity index (χ2v) is 25.9. The molecule has 3 N–H and O–H groups in total. The SMILES string of the molecule is C=C1CC2OC3(C)C(CC2OC1C(C)=O)OC1CC2OC4CC5OC6CC7OC8CC9OC(C)(CCCOS(=O)(=O)O)C(OS(=O)(=O)O)CC9OC8CC7OC6CCC5(C)OC4(C)CCC(C)C2OC1C3O. The number of aliphatic hydroxyl groups excluding tert-OH is 1. The number of carbonyl (C=O) groups excluding carboxylic acids is 1. The summed E-state index contributed by atoms with van der Waals surface area (Å²) in [7, 11) is -9.58. The molecule has 0 aromatic heterocycles. The Labute approximate surface area is 422 Å². The summed E-state index contributed by atoms with van der Waals surface area (Å²) < 4.78 is 150. The van der Waals surface area contributed by atoms with Gasteiger partial charge < -0.3 is 57.2 Å². The van der Waals surface area contributed by atoms with Crippen molar-refractivity contribution in [1.29, 1.82) is 0 Å². The maximum Gasteiger partial charge on any atom is 0.397 e. The summed E-state index contributed by atoms with van der Waals surface area (Å²) in [5.41, 5.74) is -2.95. The number of hydrogen-bond donors (Lipinski definition) is 3. The van der Waals surface area contributed by atoms with Gasteiger partial charge in [0, 0.05) is 44.9 Å². The molecule has 0 bridgehead atoms. The van der Waals surface area contributed by atoms with E-state index in [0.29, 0.717) is 63.4 Å². The van der Waals surface area contributed by atoms with Crippen LogP contribution < -0.4 is 0 Å². The summed E-state index contributed by atoms with van der Waals surface area (Å²) >= 11 is 0. The van der Waals surface area contributed by atoms with E-state index in [-0.39, 0.29) is 111 Å². The van der Waals surface area contributed by atoms with E-state index in [4.69, 9.17) is 60.8 Å². The van der Waals surface area contributed by atoms with Crippen molar-refractivity contribution in [2.45, 2.75) is 276 Å². The van der Waals surface area contributed by atoms with Crippen LogP contribution in [0, 0.1) is 5.92 Å². The van der Waals surface area contributed by atoms with E-state index in [9.17, 15) is 31.3 Å². The highest BCUT2D eigenvalue weighted by molar-refractivity contribution is 7.81. The first kappa shape index (κ1) is 52.7. The van der Waals surface area contributed by atoms with Gasteiger partial charge in [-0.15, -0.1) is 0 Å². The number of hydrogen-bond acceptors (Lipinski definition) is 19. The van der Waals surface area contributed by atoms with E-state index < -0.39 is 92.0 Å². The summed E-state index contributed by atoms with van der Waals surface area (Å²) in [5, 5.41) is 12.1. The molecule has 72 heavy (non-hydrogen) atoms. The van der Waals surface area contributed by atoms with Gasteiger partial charge in [0.15, 0.2) is 5.78 Å². The molecule has 0 aromatic carbocycles. The third-order valence-corrected chi connectivity index (χ3v) is 19.6. The quantitative estimate of drug-likeness (QED) is 0.178. The molecule has 23 heteroatoms. The van der Waals surface area contributed by atoms with E-state index in [2.05, 4.69) is 31.5 Å². The van der Waals surface area contributed by atoms with Crippen molar-refractivity contribution >= 4 is 26.6 Å². The van der Waals surface area contributed by atoms with Gasteiger partial charge in [0.1, 0.15) is 30.0 Å². The van der Waals surface area contributed by atoms with Gasteiger partial charge in [-0.25, -0.2) is 8.37 Å². The van der Waals surface area contributed by atoms with Crippen LogP contribution in [0.4, 0.5) is 0 Å². The average molecular weight is 1060 g/mol. The Bertz CT molecular complexity index is 2310. The second-order valence-electron chi connectivity index (χ2n) is 23.8. The minimum atomic E-state index is -4.90. The van der Waals surface area contributed by atoms with Crippen LogP contribution in [-0.2, 0) is 86.1 Å². The van der Waals surface area contributed by atoms with Crippen LogP contribution in [-0.4, -0.2) is 188 Å². The van der Waals surface area contributed by atoms with Crippen LogP contribution in [0.2, 0.25) is 0 Å². The lowest BCUT2D eigenvalue weighted by atomic mass is 9.73. The van der Waals surface area contributed by atoms with Gasteiger partial charge in [-0.2, -0.15) is 16.8 Å². The molecule has 0 aliphatic carbocycles. The Morgan fingerprint density at radius 3 is 1.85 bits per heavy atom. The topological polar surface area (TPSA) is 266 Å². The molecule has 0 saturated carbocycles. The van der Waals surface area contributed by atoms with Crippen LogP contribution in [0.3, 0.4) is 0 Å². The lowest BCUT2D eigenvalue weighted by molar-refractivity contribution is -0.367. The smallest absolute Gasteiger partial charge is 0.387 e. The van der Waals surface area contributed by atoms with E-state index in [1.807, 2.05) is 6.92 Å². The van der Waals surface area contributed by atoms with E-state index in [1.54, 1.807) is 6.92 Å². The van der Waals surface area contributed by atoms with Crippen LogP contribution >= 0.6 is 0 Å². The number of aliphatic hydroxyl groups is 1. The molecule has 0 radical (unpaired) electrons. The first-order chi connectivity index (χ1) is 33.8. The fraction of sp³-hybridized carbons (Fsp3) is 0.939. The molecule has 11 fully saturated rings. The number of ketones is 1. The molecule has 11 saturated heterocycles. The normalized spacial score (nSPS) is 53.3. The summed E-state index contributed by atoms with van der Waals surface area (Å²) in [6.07, 6.45) is -2.82. The first-order valence-corrected chi connectivity index (χ1v) is 28.9. The number of Topliss-reactive ketones (excluding diaryl/α,β-unsaturated/α-hetero) is 1. The third-order valence-electron chi connectivity index (χ3n) is 18.6. The fourth-order valence-electron chi connectivity index (χ4n) is 14.7. The summed E-state index contributed by atoms with van der Waals surface area (Å²) in [6, 6.07) is 0. The van der Waals surface area contributed by atoms with Gasteiger partial charge in [0.2, 0.25) is 0 Å². The molecule has 0 spiro atoms. The van der Waals surface area contributed by atoms with Crippen molar-refractivity contribution in [2.24, 2.45) is 5.92 Å². The Morgan fingerprint density at radius 1 is 0.639 bits per heavy atom. The molecule has 25 unspecified atom stereocenters. The number of fused-ring (bicyclic) bond motifs is 10. The molecule has 21 nitrogen and oxygen atoms in total. The Balaban J connectivity index is 0.753. The maximum absolute atomic E-state index is 12.4. The molecule has 11 aliphatic rings. The standard InChI is InChI=1S/C49H74O21S2/c1-23-9-12-47(5)39(63-36-19-37-44(66-43(23)36)45(51)49(7)41(64-37)21-33-34(68-49)15-24(2)42(65-33)25(3)50)22-38-48(6,70-47)13-10-26-27(62-38)16-29-28(59-26)17-30-31(60-29)18-35-32(61-30)20-40(69-72(55,56)57)46(4,67-35)11-8-14-58-71(52,53)54/h23,26-45,51H,2,8-22H2,1,3-7H3,(H,52,53,54)(H,55,56,57). The van der Waals surface area contributed by atoms with Gasteiger partial charge in [-0.05, 0) is 91.1 Å². The molecule has 11 aliphatic heterocycles. The van der Waals surface area contributed by atoms with Gasteiger partial charge in [0.25, 0.3) is 0 Å². The predicted molar refractivity (Wildman–Crippen MR) is 247 cm³/mol. The Kier molecular flexibility index (Phi) is 13.9. The van der Waals surface area contributed by atoms with Gasteiger partial charge >= 0.3 is 20.8 Å². The molecular formula is C49H74O21S2. The second kappa shape index (κ2) is 18.9. The Morgan fingerprint density at radius 2 is 1.19 bits per heavy atom. The minimum absolute atomic E-state index is 0.0650. The number of rotatable bonds is 8. The minimum Gasteiger partial charge on any atom is -0.387 e. The fourth-order valence-corrected chi connectivity index (χ4v) is 15.6. The summed E-state index contributed by atoms with van der Waals surface area (Å²) in [5.74, 6) is -0.0129. The summed E-state index contributed by atoms with van der Waals surface area (Å²) in [4.78, 5) is 12.4. The van der Waals surface area contributed by atoms with Crippen molar-refractivity contribution in [2.75, 3.05) is 6.61 Å². The highest BCUT2D eigenvalue weighted by Crippen LogP contribution is 2.53. The molecule has 25 atom stereocenters. The van der Waals surface area contributed by atoms with E-state index in [1.165, 1.54) is 6.92 Å². The van der Waals surface area contributed by atoms with Crippen molar-refractivity contribution in [3.8, 4) is 0 Å². The third kappa shape index (κ3) is 9.85. The maximum atomic E-state index is 12.4. The average Bonchev–Trinajstić information content (AvgIpc) is 3.41. The molecule has 408 valence electrons. The largest absolute Gasteiger partial charge is 0.397 e. The van der Waals surface area contributed by atoms with Crippen LogP contribution in [0.25, 0.3) is 0 Å². The van der Waals surface area contributed by atoms with Crippen molar-refractivity contribution in [1.82, 2.24) is 0 Å². The highest BCUT2D eigenvalue weighted by atomic mass is 32.3. The predicted octanol–water partition coefficient (Wildman–Crippen LogP) is 3.60. The molecule has 11 rings (SSSR count). The summed E-state index contributed by atoms with van der Waals surface area (Å²) in [6.45, 7) is 15.2. The van der Waals surface area contributed by atoms with Crippen molar-refractivity contribution in [3.05, 3.63) is 12.2 Å². The first-order valence-electron chi connectivity index (χ1n) is 26.2.